The van der Waals surface area contributed by atoms with E-state index in [9.17, 15) is 22.4 Å². The van der Waals surface area contributed by atoms with Crippen molar-refractivity contribution in [1.29, 1.82) is 0 Å². The Morgan fingerprint density at radius 3 is 2.19 bits per heavy atom. The van der Waals surface area contributed by atoms with Crippen LogP contribution in [0.15, 0.2) is 48.5 Å². The van der Waals surface area contributed by atoms with Crippen molar-refractivity contribution in [2.24, 2.45) is 5.92 Å². The predicted molar refractivity (Wildman–Crippen MR) is 129 cm³/mol. The third-order valence-corrected chi connectivity index (χ3v) is 6.79. The number of halogens is 4. The van der Waals surface area contributed by atoms with Crippen LogP contribution in [0.5, 0.6) is 5.75 Å². The van der Waals surface area contributed by atoms with E-state index in [1.54, 1.807) is 19.1 Å². The normalized spacial score (nSPS) is 17.7. The predicted octanol–water partition coefficient (Wildman–Crippen LogP) is 7.96. The number of hydrogen-bond donors (Lipinski definition) is 0. The lowest BCUT2D eigenvalue weighted by Crippen LogP contribution is -2.13. The van der Waals surface area contributed by atoms with Crippen molar-refractivity contribution in [3.63, 3.8) is 0 Å². The molecule has 1 fully saturated rings. The second kappa shape index (κ2) is 11.2. The van der Waals surface area contributed by atoms with E-state index in [1.807, 2.05) is 0 Å². The van der Waals surface area contributed by atoms with E-state index in [0.29, 0.717) is 23.7 Å². The molecule has 0 spiro atoms. The SMILES string of the molecule is CCOCc1ccc(C(=O)Oc2ccc(-c3ccc(C4CCC(C)CC4)c(F)c3F)cc2)c(F)c1F. The zero-order chi connectivity index (χ0) is 25.8. The Labute approximate surface area is 208 Å². The average molecular weight is 501 g/mol. The summed E-state index contributed by atoms with van der Waals surface area (Å²) in [7, 11) is 0. The molecule has 3 nitrogen and oxygen atoms in total. The van der Waals surface area contributed by atoms with Gasteiger partial charge in [-0.1, -0.05) is 50.1 Å². The van der Waals surface area contributed by atoms with Gasteiger partial charge in [-0.25, -0.2) is 22.4 Å². The van der Waals surface area contributed by atoms with Gasteiger partial charge < -0.3 is 9.47 Å². The number of ether oxygens (including phenoxy) is 2. The lowest BCUT2D eigenvalue weighted by molar-refractivity contribution is 0.0728. The molecule has 1 aliphatic rings. The van der Waals surface area contributed by atoms with Gasteiger partial charge in [0.1, 0.15) is 5.75 Å². The van der Waals surface area contributed by atoms with Crippen LogP contribution in [0.4, 0.5) is 17.6 Å². The Bertz CT molecular complexity index is 1230. The first kappa shape index (κ1) is 25.9. The standard InChI is InChI=1S/C29H28F4O3/c1-3-35-16-20-10-13-24(28(33)25(20)30)29(34)36-21-11-8-19(9-12-21)23-15-14-22(26(31)27(23)32)18-6-4-17(2)5-7-18/h8-15,17-18H,3-7,16H2,1-2H3. The third-order valence-electron chi connectivity index (χ3n) is 6.79. The van der Waals surface area contributed by atoms with Crippen LogP contribution in [-0.4, -0.2) is 12.6 Å². The summed E-state index contributed by atoms with van der Waals surface area (Å²) in [6.45, 7) is 4.12. The van der Waals surface area contributed by atoms with Gasteiger partial charge in [-0.15, -0.1) is 0 Å². The molecule has 0 heterocycles. The topological polar surface area (TPSA) is 35.5 Å². The van der Waals surface area contributed by atoms with Crippen LogP contribution in [0.2, 0.25) is 0 Å². The summed E-state index contributed by atoms with van der Waals surface area (Å²) in [5, 5.41) is 0. The van der Waals surface area contributed by atoms with E-state index in [-0.39, 0.29) is 29.4 Å². The Hall–Kier alpha value is -3.19. The highest BCUT2D eigenvalue weighted by Gasteiger charge is 2.25. The fourth-order valence-electron chi connectivity index (χ4n) is 4.61. The number of esters is 1. The number of benzene rings is 3. The minimum Gasteiger partial charge on any atom is -0.423 e. The number of carbonyl (C=O) groups excluding carboxylic acids is 1. The van der Waals surface area contributed by atoms with E-state index in [4.69, 9.17) is 9.47 Å². The molecule has 0 bridgehead atoms. The van der Waals surface area contributed by atoms with Crippen molar-refractivity contribution in [2.45, 2.75) is 52.1 Å². The third kappa shape index (κ3) is 5.46. The molecule has 0 atom stereocenters. The fraction of sp³-hybridized carbons (Fsp3) is 0.345. The Balaban J connectivity index is 1.48. The van der Waals surface area contributed by atoms with Gasteiger partial charge in [-0.2, -0.15) is 0 Å². The average Bonchev–Trinajstić information content (AvgIpc) is 2.88. The second-order valence-corrected chi connectivity index (χ2v) is 9.24. The van der Waals surface area contributed by atoms with Gasteiger partial charge in [0.25, 0.3) is 0 Å². The molecule has 0 radical (unpaired) electrons. The van der Waals surface area contributed by atoms with Gasteiger partial charge >= 0.3 is 5.97 Å². The molecule has 0 aromatic heterocycles. The summed E-state index contributed by atoms with van der Waals surface area (Å²) in [5.74, 6) is -4.63. The molecular formula is C29H28F4O3. The van der Waals surface area contributed by atoms with Crippen LogP contribution < -0.4 is 4.74 Å². The van der Waals surface area contributed by atoms with Crippen LogP contribution in [0, 0.1) is 29.2 Å². The molecule has 0 N–H and O–H groups in total. The van der Waals surface area contributed by atoms with Crippen molar-refractivity contribution in [3.8, 4) is 16.9 Å². The van der Waals surface area contributed by atoms with E-state index in [1.165, 1.54) is 30.3 Å². The van der Waals surface area contributed by atoms with Gasteiger partial charge in [0.2, 0.25) is 0 Å². The molecule has 0 aliphatic heterocycles. The molecule has 7 heteroatoms. The minimum absolute atomic E-state index is 0.00595. The fourth-order valence-corrected chi connectivity index (χ4v) is 4.61. The van der Waals surface area contributed by atoms with Crippen molar-refractivity contribution in [1.82, 2.24) is 0 Å². The Morgan fingerprint density at radius 1 is 0.833 bits per heavy atom. The van der Waals surface area contributed by atoms with E-state index < -0.39 is 34.8 Å². The van der Waals surface area contributed by atoms with E-state index in [2.05, 4.69) is 6.92 Å². The lowest BCUT2D eigenvalue weighted by atomic mass is 9.79. The minimum atomic E-state index is -1.32. The van der Waals surface area contributed by atoms with Gasteiger partial charge in [0.05, 0.1) is 12.2 Å². The highest BCUT2D eigenvalue weighted by Crippen LogP contribution is 2.39. The van der Waals surface area contributed by atoms with Gasteiger partial charge in [0, 0.05) is 17.7 Å². The first-order valence-corrected chi connectivity index (χ1v) is 12.1. The molecule has 3 aromatic rings. The smallest absolute Gasteiger partial charge is 0.346 e. The maximum Gasteiger partial charge on any atom is 0.346 e. The molecule has 1 aliphatic carbocycles. The maximum absolute atomic E-state index is 15.0. The van der Waals surface area contributed by atoms with Crippen molar-refractivity contribution in [3.05, 3.63) is 88.5 Å². The molecule has 0 unspecified atom stereocenters. The first-order valence-electron chi connectivity index (χ1n) is 12.1. The Kier molecular flexibility index (Phi) is 8.09. The quantitative estimate of drug-likeness (QED) is 0.188. The molecule has 190 valence electrons. The largest absolute Gasteiger partial charge is 0.423 e. The second-order valence-electron chi connectivity index (χ2n) is 9.24. The summed E-state index contributed by atoms with van der Waals surface area (Å²) < 4.78 is 68.7. The van der Waals surface area contributed by atoms with Crippen LogP contribution in [0.3, 0.4) is 0 Å². The molecule has 1 saturated carbocycles. The molecular weight excluding hydrogens is 472 g/mol. The van der Waals surface area contributed by atoms with Gasteiger partial charge in [-0.05, 0) is 60.9 Å². The Morgan fingerprint density at radius 2 is 1.53 bits per heavy atom. The number of hydrogen-bond acceptors (Lipinski definition) is 3. The first-order chi connectivity index (χ1) is 17.3. The van der Waals surface area contributed by atoms with Crippen molar-refractivity contribution < 1.29 is 31.8 Å². The zero-order valence-corrected chi connectivity index (χ0v) is 20.3. The van der Waals surface area contributed by atoms with Crippen LogP contribution in [0.25, 0.3) is 11.1 Å². The van der Waals surface area contributed by atoms with Crippen molar-refractivity contribution >= 4 is 5.97 Å². The summed E-state index contributed by atoms with van der Waals surface area (Å²) in [4.78, 5) is 12.4. The summed E-state index contributed by atoms with van der Waals surface area (Å²) in [6.07, 6.45) is 3.69. The van der Waals surface area contributed by atoms with E-state index in [0.717, 1.165) is 31.7 Å². The molecule has 0 saturated heterocycles. The number of rotatable bonds is 7. The molecule has 0 amide bonds. The van der Waals surface area contributed by atoms with Crippen LogP contribution in [-0.2, 0) is 11.3 Å². The molecule has 3 aromatic carbocycles. The molecule has 4 rings (SSSR count). The summed E-state index contributed by atoms with van der Waals surface area (Å²) in [6, 6.07) is 11.3. The van der Waals surface area contributed by atoms with Gasteiger partial charge in [-0.3, -0.25) is 0 Å². The monoisotopic (exact) mass is 500 g/mol. The highest BCUT2D eigenvalue weighted by molar-refractivity contribution is 5.91. The maximum atomic E-state index is 15.0. The number of carbonyl (C=O) groups is 1. The lowest BCUT2D eigenvalue weighted by Gasteiger charge is -2.27. The molecule has 36 heavy (non-hydrogen) atoms. The summed E-state index contributed by atoms with van der Waals surface area (Å²) in [5.41, 5.74) is 0.338. The van der Waals surface area contributed by atoms with Crippen LogP contribution >= 0.6 is 0 Å². The highest BCUT2D eigenvalue weighted by atomic mass is 19.2. The van der Waals surface area contributed by atoms with Crippen molar-refractivity contribution in [2.75, 3.05) is 6.61 Å². The van der Waals surface area contributed by atoms with Crippen LogP contribution in [0.1, 0.15) is 66.9 Å². The van der Waals surface area contributed by atoms with E-state index >= 15 is 0 Å². The summed E-state index contributed by atoms with van der Waals surface area (Å²) >= 11 is 0. The zero-order valence-electron chi connectivity index (χ0n) is 20.3. The van der Waals surface area contributed by atoms with Gasteiger partial charge in [0.15, 0.2) is 23.3 Å².